The third-order valence-electron chi connectivity index (χ3n) is 2.56. The van der Waals surface area contributed by atoms with Gasteiger partial charge in [-0.1, -0.05) is 0 Å². The van der Waals surface area contributed by atoms with Gasteiger partial charge in [0.2, 0.25) is 0 Å². The molecule has 0 aliphatic heterocycles. The first-order valence-electron chi connectivity index (χ1n) is 5.10. The largest absolute Gasteiger partial charge is 0.273 e. The van der Waals surface area contributed by atoms with Gasteiger partial charge in [0, 0.05) is 24.2 Å². The molecule has 0 spiro atoms. The summed E-state index contributed by atoms with van der Waals surface area (Å²) in [5, 5.41) is 15.1. The molecule has 0 saturated carbocycles. The van der Waals surface area contributed by atoms with Gasteiger partial charge in [-0.2, -0.15) is 5.10 Å². The second-order valence-electron chi connectivity index (χ2n) is 3.96. The number of nitrogens with zero attached hydrogens (tertiary/aromatic N) is 4. The maximum Gasteiger partial charge on any atom is 0.273 e. The summed E-state index contributed by atoms with van der Waals surface area (Å²) in [4.78, 5) is 14.7. The van der Waals surface area contributed by atoms with Crippen molar-refractivity contribution in [3.8, 4) is 11.4 Å². The minimum atomic E-state index is -0.380. The molecule has 17 heavy (non-hydrogen) atoms. The highest BCUT2D eigenvalue weighted by Gasteiger charge is 2.17. The number of aryl methyl sites for hydroxylation is 2. The van der Waals surface area contributed by atoms with Crippen LogP contribution < -0.4 is 0 Å². The van der Waals surface area contributed by atoms with Gasteiger partial charge in [-0.05, 0) is 25.5 Å². The maximum absolute atomic E-state index is 10.9. The Bertz CT molecular complexity index is 589. The maximum atomic E-state index is 10.9. The van der Waals surface area contributed by atoms with E-state index in [1.807, 2.05) is 13.0 Å². The second-order valence-corrected chi connectivity index (χ2v) is 3.96. The van der Waals surface area contributed by atoms with Crippen LogP contribution in [0.4, 0.5) is 5.69 Å². The average Bonchev–Trinajstić information content (AvgIpc) is 2.67. The number of nitro benzene ring substituents is 1. The van der Waals surface area contributed by atoms with E-state index >= 15 is 0 Å². The molecule has 0 amide bonds. The van der Waals surface area contributed by atoms with Gasteiger partial charge in [-0.15, -0.1) is 0 Å². The zero-order valence-corrected chi connectivity index (χ0v) is 9.84. The van der Waals surface area contributed by atoms with Crippen molar-refractivity contribution in [2.24, 2.45) is 7.05 Å². The molecular weight excluding hydrogens is 220 g/mol. The first-order chi connectivity index (χ1) is 7.99. The van der Waals surface area contributed by atoms with Crippen LogP contribution in [-0.2, 0) is 7.05 Å². The predicted octanol–water partition coefficient (Wildman–Crippen LogP) is 2.01. The molecule has 0 atom stereocenters. The lowest BCUT2D eigenvalue weighted by atomic mass is 10.0. The average molecular weight is 232 g/mol. The standard InChI is InChI=1S/C11H12N4O2/c1-7-4-9(11-12-6-14(3)13-11)8(2)10(5-7)15(16)17/h4-6H,1-3H3. The molecule has 0 fully saturated rings. The summed E-state index contributed by atoms with van der Waals surface area (Å²) in [6.45, 7) is 3.53. The molecule has 0 unspecified atom stereocenters. The number of aromatic nitrogens is 3. The highest BCUT2D eigenvalue weighted by Crippen LogP contribution is 2.29. The Morgan fingerprint density at radius 2 is 2.06 bits per heavy atom. The van der Waals surface area contributed by atoms with Crippen molar-refractivity contribution in [1.29, 1.82) is 0 Å². The smallest absolute Gasteiger partial charge is 0.258 e. The summed E-state index contributed by atoms with van der Waals surface area (Å²) >= 11 is 0. The molecule has 1 aromatic carbocycles. The van der Waals surface area contributed by atoms with Gasteiger partial charge >= 0.3 is 0 Å². The van der Waals surface area contributed by atoms with Crippen LogP contribution in [0.1, 0.15) is 11.1 Å². The fourth-order valence-electron chi connectivity index (χ4n) is 1.72. The van der Waals surface area contributed by atoms with Crippen molar-refractivity contribution in [3.05, 3.63) is 39.7 Å². The molecule has 6 heteroatoms. The summed E-state index contributed by atoms with van der Waals surface area (Å²) in [6.07, 6.45) is 1.57. The van der Waals surface area contributed by atoms with Crippen LogP contribution in [0.15, 0.2) is 18.5 Å². The highest BCUT2D eigenvalue weighted by molar-refractivity contribution is 5.66. The van der Waals surface area contributed by atoms with E-state index in [-0.39, 0.29) is 10.6 Å². The Morgan fingerprint density at radius 3 is 2.59 bits per heavy atom. The van der Waals surface area contributed by atoms with Crippen LogP contribution in [0.5, 0.6) is 0 Å². The third-order valence-corrected chi connectivity index (χ3v) is 2.56. The Balaban J connectivity index is 2.66. The van der Waals surface area contributed by atoms with Gasteiger partial charge in [0.1, 0.15) is 6.33 Å². The molecule has 0 aliphatic carbocycles. The lowest BCUT2D eigenvalue weighted by Gasteiger charge is -2.04. The van der Waals surface area contributed by atoms with Gasteiger partial charge in [-0.25, -0.2) is 4.98 Å². The van der Waals surface area contributed by atoms with E-state index in [2.05, 4.69) is 10.1 Å². The molecule has 0 aliphatic rings. The van der Waals surface area contributed by atoms with Crippen LogP contribution in [-0.4, -0.2) is 19.7 Å². The van der Waals surface area contributed by atoms with E-state index in [1.165, 1.54) is 0 Å². The number of rotatable bonds is 2. The van der Waals surface area contributed by atoms with E-state index in [0.717, 1.165) is 5.56 Å². The molecular formula is C11H12N4O2. The minimum Gasteiger partial charge on any atom is -0.258 e. The van der Waals surface area contributed by atoms with Gasteiger partial charge in [0.05, 0.1) is 4.92 Å². The first kappa shape index (κ1) is 11.3. The van der Waals surface area contributed by atoms with E-state index in [1.54, 1.807) is 31.0 Å². The Morgan fingerprint density at radius 1 is 1.35 bits per heavy atom. The van der Waals surface area contributed by atoms with E-state index < -0.39 is 0 Å². The van der Waals surface area contributed by atoms with Crippen LogP contribution in [0, 0.1) is 24.0 Å². The summed E-state index contributed by atoms with van der Waals surface area (Å²) in [7, 11) is 1.76. The topological polar surface area (TPSA) is 73.8 Å². The normalized spacial score (nSPS) is 10.5. The molecule has 0 saturated heterocycles. The third kappa shape index (κ3) is 2.01. The number of hydrogen-bond donors (Lipinski definition) is 0. The molecule has 6 nitrogen and oxygen atoms in total. The fourth-order valence-corrected chi connectivity index (χ4v) is 1.72. The van der Waals surface area contributed by atoms with Crippen molar-refractivity contribution >= 4 is 5.69 Å². The summed E-state index contributed by atoms with van der Waals surface area (Å²) in [5.41, 5.74) is 2.22. The van der Waals surface area contributed by atoms with Crippen LogP contribution >= 0.6 is 0 Å². The summed E-state index contributed by atoms with van der Waals surface area (Å²) < 4.78 is 1.57. The monoisotopic (exact) mass is 232 g/mol. The number of nitro groups is 1. The van der Waals surface area contributed by atoms with Crippen molar-refractivity contribution < 1.29 is 4.92 Å². The van der Waals surface area contributed by atoms with Gasteiger partial charge in [0.15, 0.2) is 5.82 Å². The SMILES string of the molecule is Cc1cc(-c2ncn(C)n2)c(C)c([N+](=O)[O-])c1. The zero-order valence-electron chi connectivity index (χ0n) is 9.84. The molecule has 1 heterocycles. The zero-order chi connectivity index (χ0) is 12.6. The molecule has 0 radical (unpaired) electrons. The summed E-state index contributed by atoms with van der Waals surface area (Å²) in [5.74, 6) is 0.511. The summed E-state index contributed by atoms with van der Waals surface area (Å²) in [6, 6.07) is 3.42. The molecule has 88 valence electrons. The van der Waals surface area contributed by atoms with Crippen molar-refractivity contribution in [2.45, 2.75) is 13.8 Å². The first-order valence-corrected chi connectivity index (χ1v) is 5.10. The Hall–Kier alpha value is -2.24. The molecule has 0 N–H and O–H groups in total. The van der Waals surface area contributed by atoms with Gasteiger partial charge < -0.3 is 0 Å². The molecule has 2 aromatic rings. The fraction of sp³-hybridized carbons (Fsp3) is 0.273. The quantitative estimate of drug-likeness (QED) is 0.586. The van der Waals surface area contributed by atoms with Crippen molar-refractivity contribution in [2.75, 3.05) is 0 Å². The number of hydrogen-bond acceptors (Lipinski definition) is 4. The van der Waals surface area contributed by atoms with Crippen LogP contribution in [0.2, 0.25) is 0 Å². The lowest BCUT2D eigenvalue weighted by molar-refractivity contribution is -0.385. The second kappa shape index (κ2) is 3.97. The predicted molar refractivity (Wildman–Crippen MR) is 62.6 cm³/mol. The minimum absolute atomic E-state index is 0.104. The van der Waals surface area contributed by atoms with E-state index in [0.29, 0.717) is 17.0 Å². The van der Waals surface area contributed by atoms with E-state index in [9.17, 15) is 10.1 Å². The van der Waals surface area contributed by atoms with Gasteiger partial charge in [-0.3, -0.25) is 14.8 Å². The van der Waals surface area contributed by atoms with E-state index in [4.69, 9.17) is 0 Å². The van der Waals surface area contributed by atoms with Crippen molar-refractivity contribution in [3.63, 3.8) is 0 Å². The Labute approximate surface area is 98.1 Å². The molecule has 2 rings (SSSR count). The van der Waals surface area contributed by atoms with Gasteiger partial charge in [0.25, 0.3) is 5.69 Å². The molecule has 0 bridgehead atoms. The van der Waals surface area contributed by atoms with Crippen LogP contribution in [0.25, 0.3) is 11.4 Å². The van der Waals surface area contributed by atoms with Crippen LogP contribution in [0.3, 0.4) is 0 Å². The highest BCUT2D eigenvalue weighted by atomic mass is 16.6. The Kier molecular flexibility index (Phi) is 2.63. The van der Waals surface area contributed by atoms with Crippen molar-refractivity contribution in [1.82, 2.24) is 14.8 Å². The lowest BCUT2D eigenvalue weighted by Crippen LogP contribution is -1.97. The number of benzene rings is 1. The molecule has 1 aromatic heterocycles.